The van der Waals surface area contributed by atoms with Crippen molar-refractivity contribution in [2.24, 2.45) is 10.7 Å². The van der Waals surface area contributed by atoms with Gasteiger partial charge in [0, 0.05) is 5.69 Å². The molecule has 29 heavy (non-hydrogen) atoms. The lowest BCUT2D eigenvalue weighted by molar-refractivity contribution is 0.106. The van der Waals surface area contributed by atoms with Crippen LogP contribution in [0.2, 0.25) is 0 Å². The zero-order valence-electron chi connectivity index (χ0n) is 16.4. The maximum absolute atomic E-state index is 6.03. The van der Waals surface area contributed by atoms with E-state index in [-0.39, 0.29) is 24.0 Å². The van der Waals surface area contributed by atoms with E-state index < -0.39 is 0 Å². The summed E-state index contributed by atoms with van der Waals surface area (Å²) in [5.74, 6) is 1.16. The molecule has 0 unspecified atom stereocenters. The van der Waals surface area contributed by atoms with Gasteiger partial charge in [0.15, 0.2) is 5.96 Å². The van der Waals surface area contributed by atoms with Gasteiger partial charge in [-0.3, -0.25) is 0 Å². The minimum absolute atomic E-state index is 0. The SMILES string of the molecule is COc1ccc(NC(N)=NCc2ccccc2COCc2ccccc2)cc1.I. The van der Waals surface area contributed by atoms with E-state index in [2.05, 4.69) is 28.5 Å². The van der Waals surface area contributed by atoms with Crippen molar-refractivity contribution >= 4 is 35.6 Å². The lowest BCUT2D eigenvalue weighted by atomic mass is 10.1. The fourth-order valence-electron chi connectivity index (χ4n) is 2.74. The first-order valence-corrected chi connectivity index (χ1v) is 9.14. The third-order valence-electron chi connectivity index (χ3n) is 4.27. The predicted molar refractivity (Wildman–Crippen MR) is 129 cm³/mol. The Morgan fingerprint density at radius 3 is 2.21 bits per heavy atom. The number of methoxy groups -OCH3 is 1. The molecule has 6 heteroatoms. The summed E-state index contributed by atoms with van der Waals surface area (Å²) in [6.07, 6.45) is 0. The minimum atomic E-state index is 0. The van der Waals surface area contributed by atoms with Crippen molar-refractivity contribution in [3.05, 3.63) is 95.6 Å². The maximum atomic E-state index is 6.03. The van der Waals surface area contributed by atoms with Gasteiger partial charge in [-0.1, -0.05) is 54.6 Å². The van der Waals surface area contributed by atoms with Crippen molar-refractivity contribution in [1.82, 2.24) is 0 Å². The number of ether oxygens (including phenoxy) is 2. The maximum Gasteiger partial charge on any atom is 0.193 e. The molecule has 5 nitrogen and oxygen atoms in total. The van der Waals surface area contributed by atoms with Gasteiger partial charge in [-0.25, -0.2) is 4.99 Å². The smallest absolute Gasteiger partial charge is 0.193 e. The molecule has 3 rings (SSSR count). The molecule has 0 saturated carbocycles. The van der Waals surface area contributed by atoms with Gasteiger partial charge in [-0.2, -0.15) is 0 Å². The monoisotopic (exact) mass is 503 g/mol. The molecule has 0 atom stereocenters. The number of rotatable bonds is 8. The number of nitrogens with one attached hydrogen (secondary N) is 1. The molecule has 152 valence electrons. The highest BCUT2D eigenvalue weighted by Crippen LogP contribution is 2.15. The van der Waals surface area contributed by atoms with E-state index in [1.807, 2.05) is 60.7 Å². The second kappa shape index (κ2) is 12.1. The van der Waals surface area contributed by atoms with Crippen LogP contribution in [0.4, 0.5) is 5.69 Å². The molecule has 0 heterocycles. The first kappa shape index (κ1) is 22.7. The molecular weight excluding hydrogens is 477 g/mol. The van der Waals surface area contributed by atoms with Crippen LogP contribution in [0, 0.1) is 0 Å². The first-order chi connectivity index (χ1) is 13.7. The highest BCUT2D eigenvalue weighted by molar-refractivity contribution is 14.0. The van der Waals surface area contributed by atoms with Gasteiger partial charge in [-0.05, 0) is 41.0 Å². The van der Waals surface area contributed by atoms with Gasteiger partial charge < -0.3 is 20.5 Å². The van der Waals surface area contributed by atoms with E-state index in [9.17, 15) is 0 Å². The number of nitrogens with two attached hydrogens (primary N) is 1. The highest BCUT2D eigenvalue weighted by atomic mass is 127. The van der Waals surface area contributed by atoms with Gasteiger partial charge in [0.05, 0.1) is 26.9 Å². The summed E-state index contributed by atoms with van der Waals surface area (Å²) in [5.41, 5.74) is 10.3. The van der Waals surface area contributed by atoms with Gasteiger partial charge in [0.2, 0.25) is 0 Å². The Morgan fingerprint density at radius 2 is 1.52 bits per heavy atom. The first-order valence-electron chi connectivity index (χ1n) is 9.14. The molecule has 0 aliphatic carbocycles. The third-order valence-corrected chi connectivity index (χ3v) is 4.27. The van der Waals surface area contributed by atoms with Crippen LogP contribution in [0.5, 0.6) is 5.75 Å². The predicted octanol–water partition coefficient (Wildman–Crippen LogP) is 4.96. The average Bonchev–Trinajstić information content (AvgIpc) is 2.74. The number of nitrogens with zero attached hydrogens (tertiary/aromatic N) is 1. The standard InChI is InChI=1S/C23H25N3O2.HI/c1-27-22-13-11-21(12-14-22)26-23(24)25-15-19-9-5-6-10-20(19)17-28-16-18-7-3-2-4-8-18;/h2-14H,15-17H2,1H3,(H3,24,25,26);1H. The molecule has 3 aromatic rings. The Labute approximate surface area is 189 Å². The van der Waals surface area contributed by atoms with E-state index in [1.165, 1.54) is 0 Å². The molecule has 0 spiro atoms. The normalized spacial score (nSPS) is 10.9. The van der Waals surface area contributed by atoms with Crippen LogP contribution in [0.15, 0.2) is 83.9 Å². The molecular formula is C23H26IN3O2. The quantitative estimate of drug-likeness (QED) is 0.259. The summed E-state index contributed by atoms with van der Waals surface area (Å²) in [6, 6.07) is 25.8. The molecule has 3 N–H and O–H groups in total. The van der Waals surface area contributed by atoms with Crippen LogP contribution in [0.3, 0.4) is 0 Å². The zero-order chi connectivity index (χ0) is 19.6. The number of guanidine groups is 1. The largest absolute Gasteiger partial charge is 0.497 e. The average molecular weight is 503 g/mol. The van der Waals surface area contributed by atoms with Gasteiger partial charge in [0.1, 0.15) is 5.75 Å². The third kappa shape index (κ3) is 7.40. The Balaban J connectivity index is 0.00000300. The lowest BCUT2D eigenvalue weighted by Crippen LogP contribution is -2.22. The Bertz CT molecular complexity index is 900. The van der Waals surface area contributed by atoms with Crippen LogP contribution < -0.4 is 15.8 Å². The summed E-state index contributed by atoms with van der Waals surface area (Å²) in [7, 11) is 1.64. The highest BCUT2D eigenvalue weighted by Gasteiger charge is 2.03. The second-order valence-corrected chi connectivity index (χ2v) is 6.30. The molecule has 3 aromatic carbocycles. The molecule has 0 saturated heterocycles. The summed E-state index contributed by atoms with van der Waals surface area (Å²) < 4.78 is 11.0. The number of anilines is 1. The molecule has 0 radical (unpaired) electrons. The van der Waals surface area contributed by atoms with Crippen LogP contribution in [-0.2, 0) is 24.5 Å². The van der Waals surface area contributed by atoms with Gasteiger partial charge in [0.25, 0.3) is 0 Å². The second-order valence-electron chi connectivity index (χ2n) is 6.30. The van der Waals surface area contributed by atoms with Gasteiger partial charge >= 0.3 is 0 Å². The van der Waals surface area contributed by atoms with E-state index in [0.29, 0.717) is 25.7 Å². The van der Waals surface area contributed by atoms with Crippen LogP contribution in [0.1, 0.15) is 16.7 Å². The van der Waals surface area contributed by atoms with Crippen molar-refractivity contribution in [2.75, 3.05) is 12.4 Å². The Morgan fingerprint density at radius 1 is 0.862 bits per heavy atom. The van der Waals surface area contributed by atoms with Crippen molar-refractivity contribution < 1.29 is 9.47 Å². The summed E-state index contributed by atoms with van der Waals surface area (Å²) >= 11 is 0. The number of halogens is 1. The lowest BCUT2D eigenvalue weighted by Gasteiger charge is -2.10. The molecule has 0 fully saturated rings. The van der Waals surface area contributed by atoms with Crippen LogP contribution >= 0.6 is 24.0 Å². The van der Waals surface area contributed by atoms with Crippen LogP contribution in [-0.4, -0.2) is 13.1 Å². The molecule has 0 aromatic heterocycles. The molecule has 0 aliphatic heterocycles. The van der Waals surface area contributed by atoms with E-state index in [4.69, 9.17) is 15.2 Å². The topological polar surface area (TPSA) is 68.9 Å². The minimum Gasteiger partial charge on any atom is -0.497 e. The van der Waals surface area contributed by atoms with E-state index >= 15 is 0 Å². The van der Waals surface area contributed by atoms with Crippen molar-refractivity contribution in [3.8, 4) is 5.75 Å². The fourth-order valence-corrected chi connectivity index (χ4v) is 2.74. The summed E-state index contributed by atoms with van der Waals surface area (Å²) in [5, 5.41) is 3.09. The van der Waals surface area contributed by atoms with Crippen molar-refractivity contribution in [2.45, 2.75) is 19.8 Å². The number of hydrogen-bond acceptors (Lipinski definition) is 3. The summed E-state index contributed by atoms with van der Waals surface area (Å²) in [6.45, 7) is 1.60. The van der Waals surface area contributed by atoms with E-state index in [0.717, 1.165) is 28.1 Å². The summed E-state index contributed by atoms with van der Waals surface area (Å²) in [4.78, 5) is 4.46. The van der Waals surface area contributed by atoms with Gasteiger partial charge in [-0.15, -0.1) is 24.0 Å². The van der Waals surface area contributed by atoms with Crippen molar-refractivity contribution in [3.63, 3.8) is 0 Å². The Hall–Kier alpha value is -2.58. The zero-order valence-corrected chi connectivity index (χ0v) is 18.7. The number of benzene rings is 3. The van der Waals surface area contributed by atoms with Crippen LogP contribution in [0.25, 0.3) is 0 Å². The molecule has 0 aliphatic rings. The number of hydrogen-bond donors (Lipinski definition) is 2. The van der Waals surface area contributed by atoms with Crippen molar-refractivity contribution in [1.29, 1.82) is 0 Å². The fraction of sp³-hybridized carbons (Fsp3) is 0.174. The number of aliphatic imine (C=N–C) groups is 1. The molecule has 0 amide bonds. The Kier molecular flexibility index (Phi) is 9.46. The molecule has 0 bridgehead atoms. The van der Waals surface area contributed by atoms with E-state index in [1.54, 1.807) is 7.11 Å².